The molecule has 1 N–H and O–H groups in total. The van der Waals surface area contributed by atoms with E-state index < -0.39 is 11.7 Å². The van der Waals surface area contributed by atoms with Crippen molar-refractivity contribution in [2.24, 2.45) is 13.0 Å². The second-order valence-electron chi connectivity index (χ2n) is 7.00. The summed E-state index contributed by atoms with van der Waals surface area (Å²) < 4.78 is 16.0. The minimum atomic E-state index is -0.474. The SMILES string of the molecule is Cl.Cn1ccnc1C1CNCCN1C(=O)C1CC(=O)N(c2ccccc2F)C1. The zero-order valence-corrected chi connectivity index (χ0v) is 16.4. The first-order valence-electron chi connectivity index (χ1n) is 9.09. The summed E-state index contributed by atoms with van der Waals surface area (Å²) in [5, 5.41) is 3.30. The van der Waals surface area contributed by atoms with Crippen molar-refractivity contribution < 1.29 is 14.0 Å². The molecular formula is C19H23ClFN5O2. The van der Waals surface area contributed by atoms with E-state index in [9.17, 15) is 14.0 Å². The molecule has 0 saturated carbocycles. The Hall–Kier alpha value is -2.45. The highest BCUT2D eigenvalue weighted by Crippen LogP contribution is 2.30. The topological polar surface area (TPSA) is 70.5 Å². The number of benzene rings is 1. The fourth-order valence-corrected chi connectivity index (χ4v) is 3.91. The summed E-state index contributed by atoms with van der Waals surface area (Å²) in [6.45, 7) is 2.08. The highest BCUT2D eigenvalue weighted by Gasteiger charge is 2.41. The Morgan fingerprint density at radius 2 is 2.11 bits per heavy atom. The summed E-state index contributed by atoms with van der Waals surface area (Å²) in [5.74, 6) is -0.408. The lowest BCUT2D eigenvalue weighted by atomic mass is 10.0. The van der Waals surface area contributed by atoms with Crippen LogP contribution in [0.4, 0.5) is 10.1 Å². The summed E-state index contributed by atoms with van der Waals surface area (Å²) in [7, 11) is 1.90. The molecule has 2 aliphatic heterocycles. The number of halogens is 2. The molecule has 2 saturated heterocycles. The number of nitrogens with one attached hydrogen (secondary N) is 1. The number of hydrogen-bond donors (Lipinski definition) is 1. The van der Waals surface area contributed by atoms with Crippen LogP contribution in [0.1, 0.15) is 18.3 Å². The number of piperazine rings is 1. The number of imidazole rings is 1. The molecule has 28 heavy (non-hydrogen) atoms. The lowest BCUT2D eigenvalue weighted by Crippen LogP contribution is -2.51. The van der Waals surface area contributed by atoms with Gasteiger partial charge in [-0.25, -0.2) is 9.37 Å². The number of carbonyl (C=O) groups excluding carboxylic acids is 2. The Bertz CT molecular complexity index is 874. The molecule has 2 unspecified atom stereocenters. The Kier molecular flexibility index (Phi) is 6.00. The summed E-state index contributed by atoms with van der Waals surface area (Å²) in [5.41, 5.74) is 0.235. The van der Waals surface area contributed by atoms with Crippen LogP contribution >= 0.6 is 12.4 Å². The molecule has 1 aromatic heterocycles. The second kappa shape index (κ2) is 8.28. The van der Waals surface area contributed by atoms with E-state index in [0.717, 1.165) is 5.82 Å². The maximum absolute atomic E-state index is 14.1. The van der Waals surface area contributed by atoms with Crippen LogP contribution in [0.25, 0.3) is 0 Å². The number of para-hydroxylation sites is 1. The Morgan fingerprint density at radius 1 is 1.32 bits per heavy atom. The van der Waals surface area contributed by atoms with Gasteiger partial charge in [0.15, 0.2) is 0 Å². The maximum Gasteiger partial charge on any atom is 0.228 e. The Balaban J connectivity index is 0.00000225. The first-order chi connectivity index (χ1) is 13.1. The number of aryl methyl sites for hydroxylation is 1. The second-order valence-corrected chi connectivity index (χ2v) is 7.00. The zero-order valence-electron chi connectivity index (χ0n) is 15.5. The monoisotopic (exact) mass is 407 g/mol. The van der Waals surface area contributed by atoms with Gasteiger partial charge in [0.1, 0.15) is 17.7 Å². The van der Waals surface area contributed by atoms with Gasteiger partial charge in [0.25, 0.3) is 0 Å². The summed E-state index contributed by atoms with van der Waals surface area (Å²) >= 11 is 0. The van der Waals surface area contributed by atoms with Crippen molar-refractivity contribution in [2.45, 2.75) is 12.5 Å². The smallest absolute Gasteiger partial charge is 0.228 e. The molecular weight excluding hydrogens is 385 g/mol. The molecule has 0 radical (unpaired) electrons. The van der Waals surface area contributed by atoms with Crippen LogP contribution in [-0.4, -0.2) is 52.4 Å². The van der Waals surface area contributed by atoms with E-state index in [-0.39, 0.29) is 48.9 Å². The van der Waals surface area contributed by atoms with Crippen molar-refractivity contribution in [1.82, 2.24) is 19.8 Å². The van der Waals surface area contributed by atoms with E-state index in [2.05, 4.69) is 10.3 Å². The molecule has 2 aromatic rings. The predicted octanol–water partition coefficient (Wildman–Crippen LogP) is 1.51. The fraction of sp³-hybridized carbons (Fsp3) is 0.421. The third-order valence-electron chi connectivity index (χ3n) is 5.30. The van der Waals surface area contributed by atoms with E-state index in [1.807, 2.05) is 22.7 Å². The summed E-state index contributed by atoms with van der Waals surface area (Å²) in [4.78, 5) is 33.2. The molecule has 9 heteroatoms. The lowest BCUT2D eigenvalue weighted by Gasteiger charge is -2.37. The molecule has 4 rings (SSSR count). The minimum absolute atomic E-state index is 0. The first-order valence-corrected chi connectivity index (χ1v) is 9.09. The number of amides is 2. The van der Waals surface area contributed by atoms with Gasteiger partial charge in [0, 0.05) is 52.0 Å². The zero-order chi connectivity index (χ0) is 19.0. The quantitative estimate of drug-likeness (QED) is 0.837. The van der Waals surface area contributed by atoms with Gasteiger partial charge in [-0.1, -0.05) is 12.1 Å². The van der Waals surface area contributed by atoms with Crippen molar-refractivity contribution in [3.8, 4) is 0 Å². The van der Waals surface area contributed by atoms with Crippen LogP contribution in [-0.2, 0) is 16.6 Å². The van der Waals surface area contributed by atoms with Crippen LogP contribution in [0.5, 0.6) is 0 Å². The third kappa shape index (κ3) is 3.62. The van der Waals surface area contributed by atoms with Crippen molar-refractivity contribution >= 4 is 29.9 Å². The maximum atomic E-state index is 14.1. The fourth-order valence-electron chi connectivity index (χ4n) is 3.91. The van der Waals surface area contributed by atoms with E-state index in [1.54, 1.807) is 24.4 Å². The van der Waals surface area contributed by atoms with Gasteiger partial charge in [0.05, 0.1) is 11.6 Å². The largest absolute Gasteiger partial charge is 0.336 e. The van der Waals surface area contributed by atoms with Gasteiger partial charge < -0.3 is 19.7 Å². The van der Waals surface area contributed by atoms with Crippen LogP contribution in [0.2, 0.25) is 0 Å². The van der Waals surface area contributed by atoms with Crippen molar-refractivity contribution in [3.05, 3.63) is 48.3 Å². The molecule has 150 valence electrons. The van der Waals surface area contributed by atoms with Crippen LogP contribution < -0.4 is 10.2 Å². The number of hydrogen-bond acceptors (Lipinski definition) is 4. The Morgan fingerprint density at radius 3 is 2.82 bits per heavy atom. The number of rotatable bonds is 3. The molecule has 2 fully saturated rings. The summed E-state index contributed by atoms with van der Waals surface area (Å²) in [6, 6.07) is 5.99. The van der Waals surface area contributed by atoms with Crippen molar-refractivity contribution in [3.63, 3.8) is 0 Å². The van der Waals surface area contributed by atoms with Crippen LogP contribution in [0, 0.1) is 11.7 Å². The van der Waals surface area contributed by atoms with Gasteiger partial charge >= 0.3 is 0 Å². The highest BCUT2D eigenvalue weighted by atomic mass is 35.5. The van der Waals surface area contributed by atoms with Crippen LogP contribution in [0.3, 0.4) is 0 Å². The lowest BCUT2D eigenvalue weighted by molar-refractivity contribution is -0.139. The van der Waals surface area contributed by atoms with Gasteiger partial charge in [-0.05, 0) is 12.1 Å². The molecule has 0 bridgehead atoms. The van der Waals surface area contributed by atoms with Gasteiger partial charge in [-0.2, -0.15) is 0 Å². The average molecular weight is 408 g/mol. The minimum Gasteiger partial charge on any atom is -0.336 e. The molecule has 0 spiro atoms. The van der Waals surface area contributed by atoms with Gasteiger partial charge in [-0.15, -0.1) is 12.4 Å². The normalized spacial score (nSPS) is 22.3. The highest BCUT2D eigenvalue weighted by molar-refractivity contribution is 6.00. The van der Waals surface area contributed by atoms with Gasteiger partial charge in [-0.3, -0.25) is 9.59 Å². The van der Waals surface area contributed by atoms with Crippen molar-refractivity contribution in [1.29, 1.82) is 0 Å². The number of anilines is 1. The average Bonchev–Trinajstić information content (AvgIpc) is 3.27. The number of nitrogens with zero attached hydrogens (tertiary/aromatic N) is 4. The standard InChI is InChI=1S/C19H22FN5O2.ClH/c1-23-8-7-22-18(23)16-11-21-6-9-24(16)19(27)13-10-17(26)25(12-13)15-5-3-2-4-14(15)20;/h2-5,7-8,13,16,21H,6,9-12H2,1H3;1H. The molecule has 3 heterocycles. The first kappa shape index (κ1) is 20.3. The van der Waals surface area contributed by atoms with Crippen LogP contribution in [0.15, 0.2) is 36.7 Å². The molecule has 7 nitrogen and oxygen atoms in total. The molecule has 2 amide bonds. The summed E-state index contributed by atoms with van der Waals surface area (Å²) in [6.07, 6.45) is 3.67. The van der Waals surface area contributed by atoms with E-state index >= 15 is 0 Å². The predicted molar refractivity (Wildman–Crippen MR) is 105 cm³/mol. The number of aromatic nitrogens is 2. The Labute approximate surface area is 168 Å². The third-order valence-corrected chi connectivity index (χ3v) is 5.30. The molecule has 1 aromatic carbocycles. The molecule has 2 atom stereocenters. The van der Waals surface area contributed by atoms with E-state index in [1.165, 1.54) is 11.0 Å². The number of carbonyl (C=O) groups is 2. The van der Waals surface area contributed by atoms with Gasteiger partial charge in [0.2, 0.25) is 11.8 Å². The molecule has 0 aliphatic carbocycles. The van der Waals surface area contributed by atoms with E-state index in [4.69, 9.17) is 0 Å². The van der Waals surface area contributed by atoms with E-state index in [0.29, 0.717) is 19.6 Å². The molecule has 2 aliphatic rings. The van der Waals surface area contributed by atoms with Crippen molar-refractivity contribution in [2.75, 3.05) is 31.1 Å².